The summed E-state index contributed by atoms with van der Waals surface area (Å²) in [4.78, 5) is 0. The summed E-state index contributed by atoms with van der Waals surface area (Å²) in [6.07, 6.45) is 9.62. The Kier molecular flexibility index (Phi) is 21.9. The zero-order chi connectivity index (χ0) is 32.4. The average molecular weight is 689 g/mol. The second kappa shape index (κ2) is 22.1. The fourth-order valence-corrected chi connectivity index (χ4v) is 6.17. The standard InChI is InChI=1S/C19H35O2Si.C18H33O2Si.Fe/c1-17-12-11-13-18(17)16-20-14-9-7-8-10-15-21-22(5,6)19(2,3)4;1-18(2,3)21(4,5)20-15-11-7-6-10-14-19-16-17-12-8-9-13-17;/h11-13H,7-10,14-16H2,1-6H3;8-9,12-13H,6-7,10-11,14-16H2,1-5H3;/q-5;-1;. The van der Waals surface area contributed by atoms with E-state index in [1.54, 1.807) is 0 Å². The van der Waals surface area contributed by atoms with Crippen LogP contribution >= 0.6 is 0 Å². The fourth-order valence-electron chi connectivity index (χ4n) is 4.00. The molecule has 44 heavy (non-hydrogen) atoms. The number of unbranched alkanes of at least 4 members (excludes halogenated alkanes) is 6. The predicted molar refractivity (Wildman–Crippen MR) is 191 cm³/mol. The van der Waals surface area contributed by atoms with Crippen LogP contribution in [0.4, 0.5) is 0 Å². The Labute approximate surface area is 285 Å². The third-order valence-electron chi connectivity index (χ3n) is 9.31. The van der Waals surface area contributed by atoms with Crippen molar-refractivity contribution in [1.29, 1.82) is 0 Å². The molecule has 7 heteroatoms. The zero-order valence-electron chi connectivity index (χ0n) is 30.4. The fraction of sp³-hybridized carbons (Fsp3) is 0.730. The molecule has 0 heterocycles. The molecule has 0 unspecified atom stereocenters. The molecule has 0 amide bonds. The third-order valence-corrected chi connectivity index (χ3v) is 18.4. The van der Waals surface area contributed by atoms with E-state index in [0.717, 1.165) is 52.5 Å². The summed E-state index contributed by atoms with van der Waals surface area (Å²) in [5.41, 5.74) is 3.93. The molecule has 0 aromatic heterocycles. The van der Waals surface area contributed by atoms with Crippen LogP contribution in [0.15, 0.2) is 42.5 Å². The van der Waals surface area contributed by atoms with Gasteiger partial charge < -0.3 is 47.7 Å². The molecule has 0 N–H and O–H groups in total. The van der Waals surface area contributed by atoms with Crippen molar-refractivity contribution in [2.45, 2.75) is 149 Å². The molecule has 0 aliphatic heterocycles. The normalized spacial score (nSPS) is 12.5. The summed E-state index contributed by atoms with van der Waals surface area (Å²) in [5.74, 6) is 0. The van der Waals surface area contributed by atoms with Crippen molar-refractivity contribution in [3.8, 4) is 0 Å². The van der Waals surface area contributed by atoms with E-state index in [1.165, 1.54) is 55.2 Å². The number of hydrogen-bond acceptors (Lipinski definition) is 4. The van der Waals surface area contributed by atoms with Gasteiger partial charge in [0.2, 0.25) is 0 Å². The Hall–Kier alpha value is -0.507. The molecule has 262 valence electrons. The Morgan fingerprint density at radius 3 is 1.39 bits per heavy atom. The molecule has 0 bridgehead atoms. The smallest absolute Gasteiger partial charge is 0.191 e. The van der Waals surface area contributed by atoms with Gasteiger partial charge in [0.05, 0.1) is 0 Å². The predicted octanol–water partition coefficient (Wildman–Crippen LogP) is 11.3. The second-order valence-corrected chi connectivity index (χ2v) is 24.8. The van der Waals surface area contributed by atoms with E-state index in [-0.39, 0.29) is 17.1 Å². The monoisotopic (exact) mass is 688 g/mol. The van der Waals surface area contributed by atoms with Gasteiger partial charge in [-0.15, -0.1) is 12.2 Å². The van der Waals surface area contributed by atoms with E-state index in [9.17, 15) is 0 Å². The van der Waals surface area contributed by atoms with Crippen molar-refractivity contribution in [3.63, 3.8) is 0 Å². The van der Waals surface area contributed by atoms with Crippen molar-refractivity contribution in [3.05, 3.63) is 59.2 Å². The van der Waals surface area contributed by atoms with Crippen LogP contribution in [0.2, 0.25) is 36.3 Å². The largest absolute Gasteiger partial charge is 0.747 e. The first-order valence-electron chi connectivity index (χ1n) is 16.9. The number of ether oxygens (including phenoxy) is 2. The molecule has 0 aliphatic rings. The SMILES string of the molecule is CC(C)(C)[Si](C)(C)OCCCCCCOC[c-]1cccc1.C[c-]1[cH-][cH-][cH-][c-]1COCCCCCCO[Si](C)(C)C(C)(C)C.[Fe]. The van der Waals surface area contributed by atoms with Gasteiger partial charge in [-0.3, -0.25) is 0 Å². The van der Waals surface area contributed by atoms with Crippen LogP contribution < -0.4 is 0 Å². The Morgan fingerprint density at radius 2 is 1.00 bits per heavy atom. The molecule has 2 rings (SSSR count). The average Bonchev–Trinajstić information content (AvgIpc) is 3.57. The Bertz CT molecular complexity index is 940. The van der Waals surface area contributed by atoms with Gasteiger partial charge in [0.25, 0.3) is 0 Å². The first-order valence-corrected chi connectivity index (χ1v) is 22.7. The molecule has 2 aromatic carbocycles. The first kappa shape index (κ1) is 43.5. The third kappa shape index (κ3) is 18.6. The molecule has 0 atom stereocenters. The second-order valence-electron chi connectivity index (χ2n) is 15.2. The van der Waals surface area contributed by atoms with Crippen LogP contribution in [0.25, 0.3) is 0 Å². The quantitative estimate of drug-likeness (QED) is 0.0788. The molecule has 0 saturated heterocycles. The van der Waals surface area contributed by atoms with Crippen LogP contribution in [-0.2, 0) is 48.6 Å². The number of hydrogen-bond donors (Lipinski definition) is 0. The molecule has 0 fully saturated rings. The molecule has 2 aromatic rings. The first-order chi connectivity index (χ1) is 20.1. The summed E-state index contributed by atoms with van der Waals surface area (Å²) < 4.78 is 23.8. The summed E-state index contributed by atoms with van der Waals surface area (Å²) in [7, 11) is -3.09. The molecule has 0 spiro atoms. The molecule has 0 aliphatic carbocycles. The summed E-state index contributed by atoms with van der Waals surface area (Å²) in [6, 6.07) is 14.7. The Morgan fingerprint density at radius 1 is 0.591 bits per heavy atom. The molecule has 0 radical (unpaired) electrons. The maximum atomic E-state index is 6.19. The minimum absolute atomic E-state index is 0. The van der Waals surface area contributed by atoms with Crippen molar-refractivity contribution < 1.29 is 35.4 Å². The van der Waals surface area contributed by atoms with E-state index in [4.69, 9.17) is 18.3 Å². The minimum Gasteiger partial charge on any atom is -0.747 e. The van der Waals surface area contributed by atoms with Crippen LogP contribution in [0.3, 0.4) is 0 Å². The van der Waals surface area contributed by atoms with E-state index in [0.29, 0.717) is 10.1 Å². The Balaban J connectivity index is 0.000000823. The van der Waals surface area contributed by atoms with Gasteiger partial charge in [-0.1, -0.05) is 67.2 Å². The van der Waals surface area contributed by atoms with E-state index < -0.39 is 16.6 Å². The van der Waals surface area contributed by atoms with Crippen molar-refractivity contribution in [2.24, 2.45) is 0 Å². The minimum atomic E-state index is -1.55. The number of rotatable bonds is 20. The van der Waals surface area contributed by atoms with Crippen LogP contribution in [0.5, 0.6) is 0 Å². The van der Waals surface area contributed by atoms with Gasteiger partial charge in [0.15, 0.2) is 16.6 Å². The zero-order valence-corrected chi connectivity index (χ0v) is 33.5. The van der Waals surface area contributed by atoms with Crippen molar-refractivity contribution >= 4 is 16.6 Å². The molecular formula is C37H68FeO4Si2-6. The van der Waals surface area contributed by atoms with E-state index in [1.807, 2.05) is 0 Å². The maximum absolute atomic E-state index is 6.19. The van der Waals surface area contributed by atoms with Crippen LogP contribution in [0.1, 0.15) is 110 Å². The van der Waals surface area contributed by atoms with Gasteiger partial charge in [-0.25, -0.2) is 19.1 Å². The topological polar surface area (TPSA) is 36.9 Å². The van der Waals surface area contributed by atoms with Gasteiger partial charge in [0.1, 0.15) is 0 Å². The molecular weight excluding hydrogens is 620 g/mol. The van der Waals surface area contributed by atoms with E-state index >= 15 is 0 Å². The van der Waals surface area contributed by atoms with Crippen LogP contribution in [-0.4, -0.2) is 43.1 Å². The van der Waals surface area contributed by atoms with Gasteiger partial charge in [0, 0.05) is 50.1 Å². The summed E-state index contributed by atoms with van der Waals surface area (Å²) >= 11 is 0. The number of aryl methyl sites for hydroxylation is 1. The van der Waals surface area contributed by atoms with Gasteiger partial charge >= 0.3 is 0 Å². The summed E-state index contributed by atoms with van der Waals surface area (Å²) in [5, 5.41) is 0.640. The maximum Gasteiger partial charge on any atom is 0.191 e. The van der Waals surface area contributed by atoms with Gasteiger partial charge in [-0.05, 0) is 61.9 Å². The van der Waals surface area contributed by atoms with Gasteiger partial charge in [-0.2, -0.15) is 12.1 Å². The summed E-state index contributed by atoms with van der Waals surface area (Å²) in [6.45, 7) is 30.3. The molecule has 0 saturated carbocycles. The van der Waals surface area contributed by atoms with Crippen molar-refractivity contribution in [2.75, 3.05) is 26.4 Å². The van der Waals surface area contributed by atoms with Crippen molar-refractivity contribution in [1.82, 2.24) is 0 Å². The van der Waals surface area contributed by atoms with E-state index in [2.05, 4.69) is 117 Å². The molecule has 4 nitrogen and oxygen atoms in total. The van der Waals surface area contributed by atoms with Crippen LogP contribution in [0, 0.1) is 6.92 Å².